The van der Waals surface area contributed by atoms with Gasteiger partial charge in [0.15, 0.2) is 6.29 Å². The molecule has 3 saturated carbocycles. The van der Waals surface area contributed by atoms with E-state index in [-0.39, 0.29) is 42.6 Å². The molecule has 0 unspecified atom stereocenters. The van der Waals surface area contributed by atoms with Crippen molar-refractivity contribution in [2.75, 3.05) is 14.2 Å². The van der Waals surface area contributed by atoms with Crippen LogP contribution in [0.25, 0.3) is 0 Å². The number of carbonyl (C=O) groups is 3. The molecule has 5 fully saturated rings. The number of ketones is 1. The molecule has 0 aromatic heterocycles. The second-order valence-corrected chi connectivity index (χ2v) is 19.0. The van der Waals surface area contributed by atoms with Crippen LogP contribution in [-0.2, 0) is 42.7 Å². The maximum absolute atomic E-state index is 14.1. The van der Waals surface area contributed by atoms with E-state index in [1.54, 1.807) is 71.2 Å². The van der Waals surface area contributed by atoms with E-state index in [2.05, 4.69) is 0 Å². The van der Waals surface area contributed by atoms with E-state index in [9.17, 15) is 34.8 Å². The normalized spacial score (nSPS) is 46.0. The first-order valence-corrected chi connectivity index (χ1v) is 21.9. The highest BCUT2D eigenvalue weighted by Gasteiger charge is 2.81. The first kappa shape index (κ1) is 46.0. The zero-order valence-electron chi connectivity index (χ0n) is 36.9. The Balaban J connectivity index is 1.21. The number of benzene rings is 1. The fourth-order valence-corrected chi connectivity index (χ4v) is 12.5. The van der Waals surface area contributed by atoms with Gasteiger partial charge in [-0.25, -0.2) is 9.59 Å². The summed E-state index contributed by atoms with van der Waals surface area (Å²) in [6.07, 6.45) is -2.97. The molecular weight excluding hydrogens is 789 g/mol. The van der Waals surface area contributed by atoms with Crippen LogP contribution in [0, 0.1) is 28.6 Å². The third kappa shape index (κ3) is 7.35. The number of carbonyl (C=O) groups excluding carboxylic acids is 3. The minimum atomic E-state index is -1.90. The monoisotopic (exact) mass is 854 g/mol. The minimum absolute atomic E-state index is 0.0135. The van der Waals surface area contributed by atoms with Crippen molar-refractivity contribution in [2.45, 2.75) is 172 Å². The van der Waals surface area contributed by atoms with Crippen LogP contribution in [0.4, 0.5) is 0 Å². The molecule has 14 nitrogen and oxygen atoms in total. The molecule has 18 atom stereocenters. The van der Waals surface area contributed by atoms with Crippen molar-refractivity contribution in [3.8, 4) is 0 Å². The molecular formula is C47H66O14. The summed E-state index contributed by atoms with van der Waals surface area (Å²) in [6, 6.07) is 8.44. The number of methoxy groups -OCH3 is 2. The van der Waals surface area contributed by atoms with Crippen LogP contribution in [0.2, 0.25) is 0 Å². The van der Waals surface area contributed by atoms with Gasteiger partial charge < -0.3 is 53.6 Å². The van der Waals surface area contributed by atoms with Crippen molar-refractivity contribution in [3.63, 3.8) is 0 Å². The molecule has 2 saturated heterocycles. The maximum atomic E-state index is 14.1. The third-order valence-corrected chi connectivity index (χ3v) is 16.0. The lowest BCUT2D eigenvalue weighted by molar-refractivity contribution is -0.332. The SMILES string of the molecule is C/C=C(\C)C(=O)O[C@@H]1[C@@H](OC(=O)c2ccccc2)[C@]2(C)[C@@H](C(C)=O)CC[C@]2(O)[C@]2(O)CC=C3C[C@@H]([C@H]4C[C@@H](OC)[C@H](O[C@@H]5O[C@H](C)[C@@H](O)[C@@H](OC)[C@H]5O)[C@@H](C)O4)CC[C@]3(C)[C@@H]12. The highest BCUT2D eigenvalue weighted by molar-refractivity contribution is 5.90. The molecule has 338 valence electrons. The van der Waals surface area contributed by atoms with Gasteiger partial charge in [0.25, 0.3) is 0 Å². The van der Waals surface area contributed by atoms with E-state index >= 15 is 0 Å². The number of hydrogen-bond acceptors (Lipinski definition) is 14. The van der Waals surface area contributed by atoms with Gasteiger partial charge in [0.2, 0.25) is 0 Å². The number of aliphatic hydroxyl groups excluding tert-OH is 2. The van der Waals surface area contributed by atoms with Crippen molar-refractivity contribution in [2.24, 2.45) is 28.6 Å². The molecule has 0 radical (unpaired) electrons. The van der Waals surface area contributed by atoms with Gasteiger partial charge in [-0.15, -0.1) is 0 Å². The summed E-state index contributed by atoms with van der Waals surface area (Å²) < 4.78 is 43.3. The quantitative estimate of drug-likeness (QED) is 0.147. The lowest BCUT2D eigenvalue weighted by Crippen LogP contribution is -2.80. The summed E-state index contributed by atoms with van der Waals surface area (Å²) in [6.45, 7) is 12.1. The second-order valence-electron chi connectivity index (χ2n) is 19.0. The molecule has 61 heavy (non-hydrogen) atoms. The topological polar surface area (TPSA) is 197 Å². The number of fused-ring (bicyclic) bond motifs is 5. The zero-order chi connectivity index (χ0) is 44.4. The van der Waals surface area contributed by atoms with E-state index in [4.69, 9.17) is 33.2 Å². The van der Waals surface area contributed by atoms with Crippen molar-refractivity contribution in [3.05, 3.63) is 59.2 Å². The highest BCUT2D eigenvalue weighted by Crippen LogP contribution is 2.71. The fraction of sp³-hybridized carbons (Fsp3) is 0.723. The highest BCUT2D eigenvalue weighted by atomic mass is 16.7. The molecule has 7 rings (SSSR count). The second kappa shape index (κ2) is 17.2. The van der Waals surface area contributed by atoms with Gasteiger partial charge >= 0.3 is 11.9 Å². The Morgan fingerprint density at radius 3 is 2.21 bits per heavy atom. The van der Waals surface area contributed by atoms with Crippen molar-refractivity contribution < 1.29 is 68.0 Å². The third-order valence-electron chi connectivity index (χ3n) is 16.0. The number of hydrogen-bond donors (Lipinski definition) is 4. The first-order chi connectivity index (χ1) is 28.8. The molecule has 0 amide bonds. The number of allylic oxidation sites excluding steroid dienone is 2. The summed E-state index contributed by atoms with van der Waals surface area (Å²) in [5.74, 6) is -3.26. The van der Waals surface area contributed by atoms with E-state index < -0.39 is 107 Å². The summed E-state index contributed by atoms with van der Waals surface area (Å²) >= 11 is 0. The Kier molecular flexibility index (Phi) is 12.9. The van der Waals surface area contributed by atoms with Crippen LogP contribution in [0.5, 0.6) is 0 Å². The predicted molar refractivity (Wildman–Crippen MR) is 220 cm³/mol. The van der Waals surface area contributed by atoms with Gasteiger partial charge in [0.1, 0.15) is 53.6 Å². The van der Waals surface area contributed by atoms with Crippen molar-refractivity contribution in [1.82, 2.24) is 0 Å². The summed E-state index contributed by atoms with van der Waals surface area (Å²) in [4.78, 5) is 41.5. The first-order valence-electron chi connectivity index (χ1n) is 21.9. The Labute approximate surface area is 358 Å². The molecule has 0 spiro atoms. The average Bonchev–Trinajstić information content (AvgIpc) is 3.53. The Bertz CT molecular complexity index is 1870. The number of rotatable bonds is 10. The van der Waals surface area contributed by atoms with Gasteiger partial charge in [-0.05, 0) is 96.6 Å². The van der Waals surface area contributed by atoms with Crippen LogP contribution in [-0.4, -0.2) is 131 Å². The molecule has 6 aliphatic rings. The predicted octanol–water partition coefficient (Wildman–Crippen LogP) is 4.38. The Morgan fingerprint density at radius 2 is 1.57 bits per heavy atom. The molecule has 2 heterocycles. The lowest BCUT2D eigenvalue weighted by atomic mass is 9.41. The largest absolute Gasteiger partial charge is 0.455 e. The smallest absolute Gasteiger partial charge is 0.338 e. The molecule has 14 heteroatoms. The van der Waals surface area contributed by atoms with Gasteiger partial charge in [-0.3, -0.25) is 4.79 Å². The van der Waals surface area contributed by atoms with E-state index in [1.807, 2.05) is 19.9 Å². The lowest BCUT2D eigenvalue weighted by Gasteiger charge is -2.68. The van der Waals surface area contributed by atoms with Crippen LogP contribution in [0.1, 0.15) is 104 Å². The van der Waals surface area contributed by atoms with Gasteiger partial charge in [-0.1, -0.05) is 49.8 Å². The molecule has 4 aliphatic carbocycles. The van der Waals surface area contributed by atoms with Crippen LogP contribution < -0.4 is 0 Å². The molecule has 0 bridgehead atoms. The standard InChI is InChI=1S/C47H66O14/c1-10-24(2)41(51)59-38-39-44(6)19-16-29(32-23-33(55-8)36(27(5)57-32)60-43-35(50)37(56-9)34(49)26(4)58-43)22-30(44)17-20-46(39,53)47(54)21-18-31(25(3)48)45(47,7)40(38)61-42(52)28-14-12-11-13-15-28/h10-15,17,26-27,29,31-40,43,49-50,53-54H,16,18-23H2,1-9H3/b24-10+/t26-,27-,29+,31-,32-,33-,34-,35-,36-,37-,38+,39-,40-,43+,44+,45+,46+,47-/m1/s1. The summed E-state index contributed by atoms with van der Waals surface area (Å²) in [5, 5.41) is 48.0. The van der Waals surface area contributed by atoms with E-state index in [0.717, 1.165) is 5.57 Å². The maximum Gasteiger partial charge on any atom is 0.338 e. The van der Waals surface area contributed by atoms with Crippen LogP contribution in [0.3, 0.4) is 0 Å². The molecule has 2 aliphatic heterocycles. The Morgan fingerprint density at radius 1 is 0.869 bits per heavy atom. The van der Waals surface area contributed by atoms with E-state index in [0.29, 0.717) is 31.3 Å². The average molecular weight is 855 g/mol. The van der Waals surface area contributed by atoms with E-state index in [1.165, 1.54) is 14.0 Å². The summed E-state index contributed by atoms with van der Waals surface area (Å²) in [5.41, 5.74) is -4.54. The van der Waals surface area contributed by atoms with Crippen molar-refractivity contribution >= 4 is 17.7 Å². The Hall–Kier alpha value is -3.05. The number of ether oxygens (including phenoxy) is 7. The molecule has 4 N–H and O–H groups in total. The van der Waals surface area contributed by atoms with Gasteiger partial charge in [-0.2, -0.15) is 0 Å². The van der Waals surface area contributed by atoms with Crippen LogP contribution in [0.15, 0.2) is 53.6 Å². The van der Waals surface area contributed by atoms with Gasteiger partial charge in [0, 0.05) is 43.5 Å². The molecule has 1 aromatic rings. The van der Waals surface area contributed by atoms with Crippen LogP contribution >= 0.6 is 0 Å². The minimum Gasteiger partial charge on any atom is -0.455 e. The van der Waals surface area contributed by atoms with Gasteiger partial charge in [0.05, 0.1) is 30.0 Å². The number of aliphatic hydroxyl groups is 4. The summed E-state index contributed by atoms with van der Waals surface area (Å²) in [7, 11) is 3.03. The van der Waals surface area contributed by atoms with Crippen molar-refractivity contribution in [1.29, 1.82) is 0 Å². The number of esters is 2. The zero-order valence-corrected chi connectivity index (χ0v) is 36.9. The molecule has 1 aromatic carbocycles. The number of Topliss-reactive ketones (excluding diaryl/α,β-unsaturated/α-hetero) is 1. The fourth-order valence-electron chi connectivity index (χ4n) is 12.5.